The molecule has 7 nitrogen and oxygen atoms in total. The maximum absolute atomic E-state index is 5.43. The molecule has 2 unspecified atom stereocenters. The molecule has 1 aliphatic heterocycles. The van der Waals surface area contributed by atoms with Gasteiger partial charge in [0.1, 0.15) is 12.3 Å². The molecule has 1 aromatic carbocycles. The molecule has 1 fully saturated rings. The summed E-state index contributed by atoms with van der Waals surface area (Å²) in [7, 11) is 3.93. The summed E-state index contributed by atoms with van der Waals surface area (Å²) in [6.07, 6.45) is 2.40. The van der Waals surface area contributed by atoms with Crippen LogP contribution < -0.4 is 15.4 Å². The van der Waals surface area contributed by atoms with Gasteiger partial charge in [0.25, 0.3) is 0 Å². The molecule has 8 heteroatoms. The zero-order valence-electron chi connectivity index (χ0n) is 19.9. The number of rotatable bonds is 8. The van der Waals surface area contributed by atoms with Gasteiger partial charge in [-0.15, -0.1) is 24.0 Å². The number of aromatic nitrogens is 1. The molecule has 0 radical (unpaired) electrons. The lowest BCUT2D eigenvalue weighted by Crippen LogP contribution is -2.45. The van der Waals surface area contributed by atoms with Gasteiger partial charge in [-0.05, 0) is 62.9 Å². The summed E-state index contributed by atoms with van der Waals surface area (Å²) in [6.45, 7) is 9.56. The van der Waals surface area contributed by atoms with Crippen molar-refractivity contribution in [1.29, 1.82) is 0 Å². The van der Waals surface area contributed by atoms with Crippen molar-refractivity contribution in [3.05, 3.63) is 47.3 Å². The van der Waals surface area contributed by atoms with Gasteiger partial charge in [-0.3, -0.25) is 4.90 Å². The molecule has 32 heavy (non-hydrogen) atoms. The van der Waals surface area contributed by atoms with Gasteiger partial charge < -0.3 is 19.9 Å². The Morgan fingerprint density at radius 2 is 2.03 bits per heavy atom. The molecule has 3 rings (SSSR count). The highest BCUT2D eigenvalue weighted by atomic mass is 127. The second kappa shape index (κ2) is 13.0. The number of aliphatic imine (C=N–C) groups is 1. The maximum atomic E-state index is 5.43. The first-order chi connectivity index (χ1) is 15.0. The smallest absolute Gasteiger partial charge is 0.191 e. The minimum Gasteiger partial charge on any atom is -0.497 e. The molecule has 178 valence electrons. The number of halogens is 1. The molecular formula is C24H38IN5O2. The summed E-state index contributed by atoms with van der Waals surface area (Å²) in [5.74, 6) is 3.34. The third kappa shape index (κ3) is 7.10. The molecule has 0 saturated carbocycles. The van der Waals surface area contributed by atoms with E-state index in [9.17, 15) is 0 Å². The zero-order valence-corrected chi connectivity index (χ0v) is 22.3. The number of piperidine rings is 1. The van der Waals surface area contributed by atoms with Crippen LogP contribution in [0.3, 0.4) is 0 Å². The molecule has 0 amide bonds. The van der Waals surface area contributed by atoms with E-state index in [1.165, 1.54) is 18.4 Å². The number of methoxy groups -OCH3 is 1. The molecule has 2 heterocycles. The average Bonchev–Trinajstić information content (AvgIpc) is 3.25. The van der Waals surface area contributed by atoms with E-state index in [2.05, 4.69) is 72.8 Å². The normalized spacial score (nSPS) is 19.5. The average molecular weight is 556 g/mol. The van der Waals surface area contributed by atoms with Crippen LogP contribution in [0.2, 0.25) is 0 Å². The van der Waals surface area contributed by atoms with Gasteiger partial charge in [0.05, 0.1) is 12.8 Å². The number of hydrogen-bond acceptors (Lipinski definition) is 5. The minimum absolute atomic E-state index is 0. The highest BCUT2D eigenvalue weighted by Crippen LogP contribution is 2.35. The van der Waals surface area contributed by atoms with Gasteiger partial charge in [0.15, 0.2) is 11.7 Å². The minimum atomic E-state index is 0. The lowest BCUT2D eigenvalue weighted by Gasteiger charge is -2.40. The van der Waals surface area contributed by atoms with E-state index in [0.29, 0.717) is 24.4 Å². The van der Waals surface area contributed by atoms with Crippen LogP contribution in [0.1, 0.15) is 62.6 Å². The van der Waals surface area contributed by atoms with Crippen LogP contribution in [0.25, 0.3) is 0 Å². The number of benzene rings is 1. The first-order valence-electron chi connectivity index (χ1n) is 11.3. The van der Waals surface area contributed by atoms with Crippen LogP contribution >= 0.6 is 24.0 Å². The van der Waals surface area contributed by atoms with E-state index < -0.39 is 0 Å². The van der Waals surface area contributed by atoms with Crippen molar-refractivity contribution in [2.75, 3.05) is 33.8 Å². The van der Waals surface area contributed by atoms with E-state index in [1.807, 2.05) is 6.07 Å². The molecule has 0 bridgehead atoms. The van der Waals surface area contributed by atoms with Gasteiger partial charge in [-0.2, -0.15) is 0 Å². The Labute approximate surface area is 209 Å². The Bertz CT molecular complexity index is 837. The number of nitrogens with zero attached hydrogens (tertiary/aromatic N) is 3. The third-order valence-corrected chi connectivity index (χ3v) is 5.90. The molecule has 2 atom stereocenters. The Morgan fingerprint density at radius 3 is 2.66 bits per heavy atom. The summed E-state index contributed by atoms with van der Waals surface area (Å²) >= 11 is 0. The second-order valence-electron chi connectivity index (χ2n) is 8.55. The highest BCUT2D eigenvalue weighted by molar-refractivity contribution is 14.0. The quantitative estimate of drug-likeness (QED) is 0.283. The van der Waals surface area contributed by atoms with Crippen LogP contribution in [0.4, 0.5) is 0 Å². The van der Waals surface area contributed by atoms with E-state index in [4.69, 9.17) is 14.3 Å². The Kier molecular flexibility index (Phi) is 10.8. The largest absolute Gasteiger partial charge is 0.497 e. The zero-order chi connectivity index (χ0) is 22.2. The van der Waals surface area contributed by atoms with Crippen molar-refractivity contribution < 1.29 is 9.26 Å². The number of guanidine groups is 1. The van der Waals surface area contributed by atoms with Gasteiger partial charge in [0.2, 0.25) is 0 Å². The fourth-order valence-corrected chi connectivity index (χ4v) is 4.20. The Morgan fingerprint density at radius 1 is 1.28 bits per heavy atom. The summed E-state index contributed by atoms with van der Waals surface area (Å²) < 4.78 is 10.8. The fraction of sp³-hybridized carbons (Fsp3) is 0.583. The van der Waals surface area contributed by atoms with Gasteiger partial charge in [-0.1, -0.05) is 31.1 Å². The van der Waals surface area contributed by atoms with E-state index in [-0.39, 0.29) is 24.0 Å². The van der Waals surface area contributed by atoms with Crippen LogP contribution in [-0.4, -0.2) is 49.8 Å². The van der Waals surface area contributed by atoms with Crippen molar-refractivity contribution >= 4 is 29.9 Å². The second-order valence-corrected chi connectivity index (χ2v) is 8.55. The van der Waals surface area contributed by atoms with Gasteiger partial charge >= 0.3 is 0 Å². The van der Waals surface area contributed by atoms with Crippen molar-refractivity contribution in [2.45, 2.75) is 52.1 Å². The summed E-state index contributed by atoms with van der Waals surface area (Å²) in [6, 6.07) is 10.8. The van der Waals surface area contributed by atoms with E-state index in [0.717, 1.165) is 42.8 Å². The standard InChI is InChI=1S/C24H37N5O2.HI/c1-6-25-24(27-16-21-14-22(17(2)3)28-31-21)26-15-19-8-7-13-29(4)23(19)18-9-11-20(30-5)12-10-18;/h9-12,14,17,19,23H,6-8,13,15-16H2,1-5H3,(H2,25,26,27);1H. The van der Waals surface area contributed by atoms with Crippen molar-refractivity contribution in [1.82, 2.24) is 20.7 Å². The van der Waals surface area contributed by atoms with Crippen molar-refractivity contribution in [3.63, 3.8) is 0 Å². The fourth-order valence-electron chi connectivity index (χ4n) is 4.20. The molecule has 2 N–H and O–H groups in total. The number of likely N-dealkylation sites (tertiary alicyclic amines) is 1. The topological polar surface area (TPSA) is 74.9 Å². The van der Waals surface area contributed by atoms with Gasteiger partial charge in [0, 0.05) is 25.2 Å². The van der Waals surface area contributed by atoms with Crippen LogP contribution in [-0.2, 0) is 6.54 Å². The molecule has 0 aliphatic carbocycles. The lowest BCUT2D eigenvalue weighted by molar-refractivity contribution is 0.122. The van der Waals surface area contributed by atoms with Crippen LogP contribution in [0.5, 0.6) is 5.75 Å². The summed E-state index contributed by atoms with van der Waals surface area (Å²) in [5, 5.41) is 11.0. The van der Waals surface area contributed by atoms with E-state index in [1.54, 1.807) is 7.11 Å². The molecule has 1 aliphatic rings. The monoisotopic (exact) mass is 555 g/mol. The van der Waals surface area contributed by atoms with Crippen molar-refractivity contribution in [2.24, 2.45) is 10.9 Å². The van der Waals surface area contributed by atoms with Crippen LogP contribution in [0.15, 0.2) is 39.8 Å². The number of hydrogen-bond donors (Lipinski definition) is 2. The maximum Gasteiger partial charge on any atom is 0.191 e. The predicted molar refractivity (Wildman–Crippen MR) is 140 cm³/mol. The highest BCUT2D eigenvalue weighted by Gasteiger charge is 2.30. The lowest BCUT2D eigenvalue weighted by atomic mass is 9.85. The van der Waals surface area contributed by atoms with Crippen molar-refractivity contribution in [3.8, 4) is 5.75 Å². The first kappa shape index (κ1) is 26.4. The van der Waals surface area contributed by atoms with Gasteiger partial charge in [-0.25, -0.2) is 4.99 Å². The van der Waals surface area contributed by atoms with Crippen LogP contribution in [0, 0.1) is 5.92 Å². The predicted octanol–water partition coefficient (Wildman–Crippen LogP) is 4.56. The van der Waals surface area contributed by atoms with E-state index >= 15 is 0 Å². The molecule has 0 spiro atoms. The molecule has 2 aromatic rings. The summed E-state index contributed by atoms with van der Waals surface area (Å²) in [4.78, 5) is 7.17. The Hall–Kier alpha value is -1.81. The Balaban J connectivity index is 0.00000363. The first-order valence-corrected chi connectivity index (χ1v) is 11.3. The third-order valence-electron chi connectivity index (χ3n) is 5.90. The molecule has 1 aromatic heterocycles. The number of ether oxygens (including phenoxy) is 1. The molecular weight excluding hydrogens is 517 g/mol. The SMILES string of the molecule is CCNC(=NCc1cc(C(C)C)no1)NCC1CCCN(C)C1c1ccc(OC)cc1.I. The number of nitrogens with one attached hydrogen (secondary N) is 2. The summed E-state index contributed by atoms with van der Waals surface area (Å²) in [5.41, 5.74) is 2.30. The molecule has 1 saturated heterocycles.